The van der Waals surface area contributed by atoms with E-state index in [1.165, 1.54) is 23.1 Å². The van der Waals surface area contributed by atoms with Crippen LogP contribution in [0.5, 0.6) is 11.5 Å². The largest absolute Gasteiger partial charge is 0.573 e. The van der Waals surface area contributed by atoms with E-state index in [1.54, 1.807) is 13.8 Å². The van der Waals surface area contributed by atoms with E-state index in [0.29, 0.717) is 12.8 Å². The number of rotatable bonds is 4. The SMILES string of the molecule is CC1(C)NC(=O)N(C2CC(Oc3cccc(OC(F)(F)F)c3)C2)C1=O. The molecule has 1 aliphatic carbocycles. The third kappa shape index (κ3) is 3.64. The lowest BCUT2D eigenvalue weighted by atomic mass is 9.87. The predicted molar refractivity (Wildman–Crippen MR) is 80.0 cm³/mol. The van der Waals surface area contributed by atoms with Crippen LogP contribution >= 0.6 is 0 Å². The molecule has 6 nitrogen and oxygen atoms in total. The van der Waals surface area contributed by atoms with E-state index in [9.17, 15) is 22.8 Å². The van der Waals surface area contributed by atoms with Gasteiger partial charge in [0.15, 0.2) is 0 Å². The molecule has 136 valence electrons. The molecule has 1 saturated carbocycles. The van der Waals surface area contributed by atoms with Crippen LogP contribution in [0.15, 0.2) is 24.3 Å². The molecule has 0 atom stereocenters. The molecule has 2 aliphatic rings. The molecule has 0 radical (unpaired) electrons. The van der Waals surface area contributed by atoms with Gasteiger partial charge >= 0.3 is 12.4 Å². The van der Waals surface area contributed by atoms with Gasteiger partial charge in [-0.05, 0) is 26.0 Å². The monoisotopic (exact) mass is 358 g/mol. The Balaban J connectivity index is 1.57. The van der Waals surface area contributed by atoms with Gasteiger partial charge in [-0.1, -0.05) is 6.07 Å². The van der Waals surface area contributed by atoms with Crippen LogP contribution in [0, 0.1) is 0 Å². The van der Waals surface area contributed by atoms with Crippen molar-refractivity contribution in [2.24, 2.45) is 0 Å². The zero-order valence-electron chi connectivity index (χ0n) is 13.6. The lowest BCUT2D eigenvalue weighted by Crippen LogP contribution is -2.52. The number of hydrogen-bond donors (Lipinski definition) is 1. The smallest absolute Gasteiger partial charge is 0.490 e. The summed E-state index contributed by atoms with van der Waals surface area (Å²) < 4.78 is 46.1. The molecule has 1 saturated heterocycles. The van der Waals surface area contributed by atoms with Crippen molar-refractivity contribution >= 4 is 11.9 Å². The first kappa shape index (κ1) is 17.4. The lowest BCUT2D eigenvalue weighted by Gasteiger charge is -2.39. The van der Waals surface area contributed by atoms with Gasteiger partial charge < -0.3 is 14.8 Å². The summed E-state index contributed by atoms with van der Waals surface area (Å²) in [5.74, 6) is -0.416. The summed E-state index contributed by atoms with van der Waals surface area (Å²) in [6.07, 6.45) is -4.19. The fourth-order valence-corrected chi connectivity index (χ4v) is 2.89. The summed E-state index contributed by atoms with van der Waals surface area (Å²) in [5.41, 5.74) is -0.924. The molecule has 0 aromatic heterocycles. The van der Waals surface area contributed by atoms with Crippen molar-refractivity contribution in [1.82, 2.24) is 10.2 Å². The van der Waals surface area contributed by atoms with Gasteiger partial charge in [-0.15, -0.1) is 13.2 Å². The summed E-state index contributed by atoms with van der Waals surface area (Å²) in [6, 6.07) is 4.55. The molecule has 1 aromatic rings. The number of nitrogens with one attached hydrogen (secondary N) is 1. The van der Waals surface area contributed by atoms with Crippen LogP contribution in [0.1, 0.15) is 26.7 Å². The molecule has 9 heteroatoms. The van der Waals surface area contributed by atoms with Gasteiger partial charge in [0.2, 0.25) is 0 Å². The molecule has 1 aromatic carbocycles. The predicted octanol–water partition coefficient (Wildman–Crippen LogP) is 2.83. The van der Waals surface area contributed by atoms with Crippen LogP contribution in [0.2, 0.25) is 0 Å². The van der Waals surface area contributed by atoms with Gasteiger partial charge in [0, 0.05) is 24.9 Å². The second kappa shape index (κ2) is 5.82. The summed E-state index contributed by atoms with van der Waals surface area (Å²) in [7, 11) is 0. The van der Waals surface area contributed by atoms with Crippen molar-refractivity contribution in [3.05, 3.63) is 24.3 Å². The van der Waals surface area contributed by atoms with E-state index in [4.69, 9.17) is 4.74 Å². The number of carbonyl (C=O) groups is 2. The van der Waals surface area contributed by atoms with Gasteiger partial charge in [0.05, 0.1) is 0 Å². The molecule has 0 bridgehead atoms. The minimum atomic E-state index is -4.77. The normalized spacial score (nSPS) is 25.4. The molecule has 3 rings (SSSR count). The average molecular weight is 358 g/mol. The molecule has 25 heavy (non-hydrogen) atoms. The first-order valence-electron chi connectivity index (χ1n) is 7.73. The quantitative estimate of drug-likeness (QED) is 0.841. The highest BCUT2D eigenvalue weighted by atomic mass is 19.4. The number of ether oxygens (including phenoxy) is 2. The van der Waals surface area contributed by atoms with Crippen LogP contribution in [0.4, 0.5) is 18.0 Å². The average Bonchev–Trinajstić information content (AvgIpc) is 2.61. The van der Waals surface area contributed by atoms with Crippen molar-refractivity contribution in [2.75, 3.05) is 0 Å². The number of imide groups is 1. The highest BCUT2D eigenvalue weighted by Gasteiger charge is 2.50. The number of urea groups is 1. The maximum absolute atomic E-state index is 12.2. The first-order chi connectivity index (χ1) is 11.5. The summed E-state index contributed by atoms with van der Waals surface area (Å²) in [4.78, 5) is 25.3. The number of alkyl halides is 3. The standard InChI is InChI=1S/C16H17F3N2O4/c1-15(2)13(22)21(14(23)20-15)9-6-12(7-9)24-10-4-3-5-11(8-10)25-16(17,18)19/h3-5,8-9,12H,6-7H2,1-2H3,(H,20,23). The van der Waals surface area contributed by atoms with Crippen molar-refractivity contribution < 1.29 is 32.2 Å². The Labute approximate surface area is 141 Å². The van der Waals surface area contributed by atoms with E-state index in [0.717, 1.165) is 6.07 Å². The lowest BCUT2D eigenvalue weighted by molar-refractivity contribution is -0.274. The topological polar surface area (TPSA) is 67.9 Å². The molecule has 1 aliphatic heterocycles. The molecule has 0 spiro atoms. The molecule has 1 N–H and O–H groups in total. The second-order valence-electron chi connectivity index (χ2n) is 6.62. The van der Waals surface area contributed by atoms with Crippen molar-refractivity contribution in [3.63, 3.8) is 0 Å². The minimum Gasteiger partial charge on any atom is -0.490 e. The first-order valence-corrected chi connectivity index (χ1v) is 7.73. The molecule has 0 unspecified atom stereocenters. The number of carbonyl (C=O) groups excluding carboxylic acids is 2. The van der Waals surface area contributed by atoms with Crippen LogP contribution in [0.25, 0.3) is 0 Å². The van der Waals surface area contributed by atoms with Crippen LogP contribution in [-0.4, -0.2) is 40.9 Å². The van der Waals surface area contributed by atoms with Crippen molar-refractivity contribution in [1.29, 1.82) is 0 Å². The Morgan fingerprint density at radius 2 is 1.84 bits per heavy atom. The maximum Gasteiger partial charge on any atom is 0.573 e. The van der Waals surface area contributed by atoms with Gasteiger partial charge in [-0.3, -0.25) is 9.69 Å². The number of amides is 3. The third-order valence-corrected chi connectivity index (χ3v) is 4.17. The summed E-state index contributed by atoms with van der Waals surface area (Å²) in [6.45, 7) is 3.26. The van der Waals surface area contributed by atoms with Crippen LogP contribution in [-0.2, 0) is 4.79 Å². The van der Waals surface area contributed by atoms with E-state index < -0.39 is 17.9 Å². The van der Waals surface area contributed by atoms with E-state index in [-0.39, 0.29) is 29.6 Å². The Hall–Kier alpha value is -2.45. The minimum absolute atomic E-state index is 0.239. The van der Waals surface area contributed by atoms with Gasteiger partial charge in [0.1, 0.15) is 23.1 Å². The van der Waals surface area contributed by atoms with Crippen LogP contribution in [0.3, 0.4) is 0 Å². The highest BCUT2D eigenvalue weighted by Crippen LogP contribution is 2.34. The Bertz CT molecular complexity index is 699. The summed E-state index contributed by atoms with van der Waals surface area (Å²) >= 11 is 0. The Morgan fingerprint density at radius 1 is 1.20 bits per heavy atom. The number of nitrogens with zero attached hydrogens (tertiary/aromatic N) is 1. The zero-order chi connectivity index (χ0) is 18.4. The van der Waals surface area contributed by atoms with Crippen molar-refractivity contribution in [2.45, 2.75) is 50.7 Å². The maximum atomic E-state index is 12.2. The van der Waals surface area contributed by atoms with E-state index in [2.05, 4.69) is 10.1 Å². The fourth-order valence-electron chi connectivity index (χ4n) is 2.89. The zero-order valence-corrected chi connectivity index (χ0v) is 13.6. The molecule has 3 amide bonds. The van der Waals surface area contributed by atoms with Gasteiger partial charge in [-0.25, -0.2) is 4.79 Å². The Kier molecular flexibility index (Phi) is 4.04. The van der Waals surface area contributed by atoms with Gasteiger partial charge in [-0.2, -0.15) is 0 Å². The van der Waals surface area contributed by atoms with Crippen molar-refractivity contribution in [3.8, 4) is 11.5 Å². The molecular formula is C16H17F3N2O4. The number of hydrogen-bond acceptors (Lipinski definition) is 4. The fraction of sp³-hybridized carbons (Fsp3) is 0.500. The molecule has 1 heterocycles. The third-order valence-electron chi connectivity index (χ3n) is 4.17. The van der Waals surface area contributed by atoms with E-state index >= 15 is 0 Å². The Morgan fingerprint density at radius 3 is 2.40 bits per heavy atom. The number of halogens is 3. The van der Waals surface area contributed by atoms with Crippen LogP contribution < -0.4 is 14.8 Å². The summed E-state index contributed by atoms with van der Waals surface area (Å²) in [5, 5.41) is 2.61. The second-order valence-corrected chi connectivity index (χ2v) is 6.62. The molecule has 2 fully saturated rings. The van der Waals surface area contributed by atoms with Gasteiger partial charge in [0.25, 0.3) is 5.91 Å². The highest BCUT2D eigenvalue weighted by molar-refractivity contribution is 6.06. The number of benzene rings is 1. The van der Waals surface area contributed by atoms with E-state index in [1.807, 2.05) is 0 Å². The molecular weight excluding hydrogens is 341 g/mol.